The van der Waals surface area contributed by atoms with Crippen molar-refractivity contribution in [1.29, 1.82) is 0 Å². The first-order chi connectivity index (χ1) is 10.7. The molecule has 3 rings (SSSR count). The molecule has 0 radical (unpaired) electrons. The normalized spacial score (nSPS) is 11.9. The molecular formula is C14H14N6S2. The Bertz CT molecular complexity index is 811. The first-order valence-corrected chi connectivity index (χ1v) is 8.27. The van der Waals surface area contributed by atoms with Gasteiger partial charge in [-0.05, 0) is 38.1 Å². The summed E-state index contributed by atoms with van der Waals surface area (Å²) in [4.78, 5) is 4.76. The predicted octanol–water partition coefficient (Wildman–Crippen LogP) is 4.18. The van der Waals surface area contributed by atoms with Crippen LogP contribution in [0.4, 0.5) is 5.95 Å². The topological polar surface area (TPSA) is 67.8 Å². The number of rotatable bonds is 5. The molecule has 0 saturated heterocycles. The molecule has 3 aromatic heterocycles. The third-order valence-electron chi connectivity index (χ3n) is 2.77. The van der Waals surface area contributed by atoms with Crippen LogP contribution in [0, 0.1) is 13.8 Å². The average Bonchev–Trinajstić information content (AvgIpc) is 3.20. The lowest BCUT2D eigenvalue weighted by atomic mass is 10.4. The number of thiophene rings is 2. The van der Waals surface area contributed by atoms with Crippen LogP contribution in [0.15, 0.2) is 45.9 Å². The molecule has 0 amide bonds. The monoisotopic (exact) mass is 330 g/mol. The van der Waals surface area contributed by atoms with Crippen LogP contribution in [0.1, 0.15) is 19.5 Å². The Hall–Kier alpha value is -2.19. The zero-order valence-electron chi connectivity index (χ0n) is 12.2. The van der Waals surface area contributed by atoms with Crippen molar-refractivity contribution < 1.29 is 0 Å². The Morgan fingerprint density at radius 2 is 1.95 bits per heavy atom. The summed E-state index contributed by atoms with van der Waals surface area (Å²) >= 11 is 3.39. The van der Waals surface area contributed by atoms with Crippen molar-refractivity contribution in [2.24, 2.45) is 15.3 Å². The minimum absolute atomic E-state index is 0.373. The van der Waals surface area contributed by atoms with Crippen LogP contribution in [-0.2, 0) is 6.54 Å². The molecule has 0 unspecified atom stereocenters. The minimum Gasteiger partial charge on any atom is -0.183 e. The summed E-state index contributed by atoms with van der Waals surface area (Å²) in [5, 5.41) is 20.3. The summed E-state index contributed by atoms with van der Waals surface area (Å²) < 4.78 is 1.51. The van der Waals surface area contributed by atoms with Gasteiger partial charge in [-0.2, -0.15) is 14.9 Å². The van der Waals surface area contributed by atoms with Crippen molar-refractivity contribution in [3.05, 3.63) is 50.1 Å². The summed E-state index contributed by atoms with van der Waals surface area (Å²) in [6, 6.07) is 8.21. The predicted molar refractivity (Wildman–Crippen MR) is 89.3 cm³/mol. The molecular weight excluding hydrogens is 316 g/mol. The fraction of sp³-hybridized carbons (Fsp3) is 0.214. The smallest absolute Gasteiger partial charge is 0.183 e. The molecule has 3 heterocycles. The second-order valence-electron chi connectivity index (χ2n) is 4.58. The zero-order valence-corrected chi connectivity index (χ0v) is 13.8. The van der Waals surface area contributed by atoms with Crippen molar-refractivity contribution in [2.75, 3.05) is 0 Å². The van der Waals surface area contributed by atoms with Crippen LogP contribution in [0.3, 0.4) is 0 Å². The Morgan fingerprint density at radius 1 is 1.14 bits per heavy atom. The zero-order chi connectivity index (χ0) is 15.4. The van der Waals surface area contributed by atoms with E-state index in [0.29, 0.717) is 12.5 Å². The van der Waals surface area contributed by atoms with E-state index < -0.39 is 0 Å². The fourth-order valence-electron chi connectivity index (χ4n) is 1.75. The maximum Gasteiger partial charge on any atom is 0.290 e. The van der Waals surface area contributed by atoms with Crippen molar-refractivity contribution in [3.8, 4) is 0 Å². The highest BCUT2D eigenvalue weighted by molar-refractivity contribution is 7.13. The van der Waals surface area contributed by atoms with Gasteiger partial charge in [0.25, 0.3) is 5.95 Å². The van der Waals surface area contributed by atoms with E-state index in [2.05, 4.69) is 57.6 Å². The van der Waals surface area contributed by atoms with Crippen molar-refractivity contribution in [1.82, 2.24) is 14.9 Å². The number of hydrogen-bond acceptors (Lipinski definition) is 7. The van der Waals surface area contributed by atoms with E-state index in [1.807, 2.05) is 6.07 Å². The Labute approximate surface area is 135 Å². The van der Waals surface area contributed by atoms with Gasteiger partial charge in [-0.1, -0.05) is 0 Å². The Morgan fingerprint density at radius 3 is 2.68 bits per heavy atom. The number of hydrogen-bond donors (Lipinski definition) is 0. The second-order valence-corrected chi connectivity index (χ2v) is 7.27. The maximum absolute atomic E-state index is 4.31. The van der Waals surface area contributed by atoms with E-state index in [1.54, 1.807) is 28.9 Å². The largest absolute Gasteiger partial charge is 0.290 e. The summed E-state index contributed by atoms with van der Waals surface area (Å²) in [5.41, 5.74) is 0. The summed E-state index contributed by atoms with van der Waals surface area (Å²) in [5.74, 6) is 0.373. The van der Waals surface area contributed by atoms with Gasteiger partial charge in [0.2, 0.25) is 0 Å². The Balaban J connectivity index is 1.68. The lowest BCUT2D eigenvalue weighted by molar-refractivity contribution is 0.843. The molecule has 0 aromatic carbocycles. The van der Waals surface area contributed by atoms with Gasteiger partial charge in [0.1, 0.15) is 6.33 Å². The molecule has 0 aliphatic rings. The molecule has 0 spiro atoms. The number of nitrogens with zero attached hydrogens (tertiary/aromatic N) is 6. The van der Waals surface area contributed by atoms with Gasteiger partial charge in [0.05, 0.1) is 12.8 Å². The number of aryl methyl sites for hydroxylation is 2. The van der Waals surface area contributed by atoms with Gasteiger partial charge >= 0.3 is 0 Å². The molecule has 3 aromatic rings. The molecule has 0 saturated carbocycles. The summed E-state index contributed by atoms with van der Waals surface area (Å²) in [7, 11) is 0. The lowest BCUT2D eigenvalue weighted by Crippen LogP contribution is -1.87. The number of aromatic nitrogens is 3. The number of azo groups is 1. The molecule has 22 heavy (non-hydrogen) atoms. The van der Waals surface area contributed by atoms with Crippen LogP contribution >= 0.6 is 22.7 Å². The van der Waals surface area contributed by atoms with Crippen LogP contribution in [0.2, 0.25) is 0 Å². The molecule has 0 aliphatic heterocycles. The first kappa shape index (κ1) is 14.7. The second kappa shape index (κ2) is 6.71. The van der Waals surface area contributed by atoms with E-state index in [1.165, 1.54) is 25.6 Å². The van der Waals surface area contributed by atoms with Crippen molar-refractivity contribution >= 4 is 34.8 Å². The third-order valence-corrected chi connectivity index (χ3v) is 4.69. The summed E-state index contributed by atoms with van der Waals surface area (Å²) in [6.07, 6.45) is 3.28. The molecule has 0 atom stereocenters. The summed E-state index contributed by atoms with van der Waals surface area (Å²) in [6.45, 7) is 4.68. The van der Waals surface area contributed by atoms with Crippen LogP contribution in [0.25, 0.3) is 0 Å². The van der Waals surface area contributed by atoms with E-state index >= 15 is 0 Å². The van der Waals surface area contributed by atoms with Crippen molar-refractivity contribution in [3.63, 3.8) is 0 Å². The van der Waals surface area contributed by atoms with Crippen LogP contribution < -0.4 is 0 Å². The van der Waals surface area contributed by atoms with Crippen LogP contribution in [0.5, 0.6) is 0 Å². The van der Waals surface area contributed by atoms with E-state index in [4.69, 9.17) is 0 Å². The van der Waals surface area contributed by atoms with Gasteiger partial charge in [-0.3, -0.25) is 0 Å². The average molecular weight is 330 g/mol. The van der Waals surface area contributed by atoms with Gasteiger partial charge in [-0.25, -0.2) is 0 Å². The van der Waals surface area contributed by atoms with Gasteiger partial charge < -0.3 is 0 Å². The third kappa shape index (κ3) is 3.71. The van der Waals surface area contributed by atoms with E-state index in [9.17, 15) is 0 Å². The molecule has 0 bridgehead atoms. The van der Waals surface area contributed by atoms with E-state index in [-0.39, 0.29) is 0 Å². The highest BCUT2D eigenvalue weighted by atomic mass is 32.1. The maximum atomic E-state index is 4.31. The fourth-order valence-corrected chi connectivity index (χ4v) is 3.30. The first-order valence-electron chi connectivity index (χ1n) is 6.64. The quantitative estimate of drug-likeness (QED) is 0.520. The van der Waals surface area contributed by atoms with Crippen LogP contribution in [-0.4, -0.2) is 21.1 Å². The van der Waals surface area contributed by atoms with E-state index in [0.717, 1.165) is 4.88 Å². The SMILES string of the molecule is Cc1ccc(C=Nn2cnnc2N=NCc2ccc(C)s2)s1. The van der Waals surface area contributed by atoms with Crippen molar-refractivity contribution in [2.45, 2.75) is 20.4 Å². The van der Waals surface area contributed by atoms with Gasteiger partial charge in [0.15, 0.2) is 0 Å². The minimum atomic E-state index is 0.373. The highest BCUT2D eigenvalue weighted by Crippen LogP contribution is 2.17. The molecule has 112 valence electrons. The van der Waals surface area contributed by atoms with Gasteiger partial charge in [-0.15, -0.1) is 38.0 Å². The molecule has 0 aliphatic carbocycles. The van der Waals surface area contributed by atoms with Gasteiger partial charge in [0, 0.05) is 19.5 Å². The molecule has 8 heteroatoms. The molecule has 6 nitrogen and oxygen atoms in total. The Kier molecular flexibility index (Phi) is 4.50. The molecule has 0 fully saturated rings. The highest BCUT2D eigenvalue weighted by Gasteiger charge is 2.01. The lowest BCUT2D eigenvalue weighted by Gasteiger charge is -1.93. The molecule has 0 N–H and O–H groups in total. The standard InChI is InChI=1S/C14H14N6S2/c1-10-3-5-12(21-10)7-15-18-14-19-16-9-20(14)17-8-13-6-4-11(2)22-13/h3-6,8-9H,7H2,1-2H3.